The predicted molar refractivity (Wildman–Crippen MR) is 83.5 cm³/mol. The van der Waals surface area contributed by atoms with E-state index in [1.54, 1.807) is 0 Å². The fourth-order valence-electron chi connectivity index (χ4n) is 2.83. The van der Waals surface area contributed by atoms with Crippen molar-refractivity contribution >= 4 is 23.1 Å². The summed E-state index contributed by atoms with van der Waals surface area (Å²) in [5.74, 6) is 0. The zero-order valence-corrected chi connectivity index (χ0v) is 13.4. The topological polar surface area (TPSA) is 29.3 Å². The molecule has 1 saturated heterocycles. The van der Waals surface area contributed by atoms with Gasteiger partial charge < -0.3 is 5.73 Å². The Balaban J connectivity index is 2.19. The molecule has 0 aliphatic carbocycles. The lowest BCUT2D eigenvalue weighted by atomic mass is 10.1. The summed E-state index contributed by atoms with van der Waals surface area (Å²) in [4.78, 5) is 5.39. The van der Waals surface area contributed by atoms with E-state index < -0.39 is 0 Å². The molecule has 0 bridgehead atoms. The normalized spacial score (nSPS) is 29.2. The molecule has 0 saturated carbocycles. The largest absolute Gasteiger partial charge is 0.326 e. The fourth-order valence-corrected chi connectivity index (χ4v) is 5.31. The van der Waals surface area contributed by atoms with Gasteiger partial charge in [0, 0.05) is 39.4 Å². The summed E-state index contributed by atoms with van der Waals surface area (Å²) in [5.41, 5.74) is 6.26. The van der Waals surface area contributed by atoms with Crippen LogP contribution in [0.15, 0.2) is 12.1 Å². The van der Waals surface area contributed by atoms with Gasteiger partial charge in [-0.3, -0.25) is 4.90 Å². The molecular formula is C14H24N2S2. The van der Waals surface area contributed by atoms with Gasteiger partial charge in [-0.05, 0) is 26.0 Å². The molecule has 2 N–H and O–H groups in total. The van der Waals surface area contributed by atoms with Gasteiger partial charge in [0.25, 0.3) is 0 Å². The van der Waals surface area contributed by atoms with Crippen LogP contribution < -0.4 is 5.73 Å². The maximum Gasteiger partial charge on any atom is 0.0591 e. The lowest BCUT2D eigenvalue weighted by Gasteiger charge is -2.41. The number of rotatable bonds is 3. The second-order valence-electron chi connectivity index (χ2n) is 5.46. The van der Waals surface area contributed by atoms with Crippen molar-refractivity contribution in [2.75, 3.05) is 13.1 Å². The van der Waals surface area contributed by atoms with Crippen molar-refractivity contribution in [3.63, 3.8) is 0 Å². The van der Waals surface area contributed by atoms with Gasteiger partial charge in [-0.2, -0.15) is 11.8 Å². The summed E-state index contributed by atoms with van der Waals surface area (Å²) in [6.07, 6.45) is 0. The number of hydrogen-bond donors (Lipinski definition) is 1. The Morgan fingerprint density at radius 3 is 2.33 bits per heavy atom. The molecule has 0 radical (unpaired) electrons. The van der Waals surface area contributed by atoms with Gasteiger partial charge in [0.15, 0.2) is 0 Å². The second kappa shape index (κ2) is 5.95. The van der Waals surface area contributed by atoms with Crippen LogP contribution in [0.3, 0.4) is 0 Å². The number of nitrogens with two attached hydrogens (primary N) is 1. The van der Waals surface area contributed by atoms with E-state index in [2.05, 4.69) is 56.5 Å². The molecule has 1 aliphatic rings. The van der Waals surface area contributed by atoms with Crippen molar-refractivity contribution in [1.29, 1.82) is 0 Å². The van der Waals surface area contributed by atoms with Crippen LogP contribution in [0.5, 0.6) is 0 Å². The highest BCUT2D eigenvalue weighted by atomic mass is 32.2. The maximum absolute atomic E-state index is 6.26. The predicted octanol–water partition coefficient (Wildman–Crippen LogP) is 3.27. The van der Waals surface area contributed by atoms with Crippen LogP contribution in [0.1, 0.15) is 36.6 Å². The van der Waals surface area contributed by atoms with Crippen LogP contribution in [0, 0.1) is 6.92 Å². The number of hydrogen-bond acceptors (Lipinski definition) is 4. The molecule has 0 aromatic carbocycles. The molecule has 1 aliphatic heterocycles. The molecule has 2 rings (SSSR count). The van der Waals surface area contributed by atoms with E-state index in [4.69, 9.17) is 5.73 Å². The third-order valence-corrected chi connectivity index (χ3v) is 5.69. The van der Waals surface area contributed by atoms with E-state index in [0.717, 1.165) is 13.1 Å². The van der Waals surface area contributed by atoms with Crippen LogP contribution in [0.25, 0.3) is 0 Å². The fraction of sp³-hybridized carbons (Fsp3) is 0.714. The zero-order valence-electron chi connectivity index (χ0n) is 11.7. The van der Waals surface area contributed by atoms with Gasteiger partial charge in [0.05, 0.1) is 6.04 Å². The van der Waals surface area contributed by atoms with Crippen LogP contribution in [-0.2, 0) is 0 Å². The molecular weight excluding hydrogens is 260 g/mol. The maximum atomic E-state index is 6.26. The van der Waals surface area contributed by atoms with Crippen molar-refractivity contribution in [1.82, 2.24) is 4.90 Å². The van der Waals surface area contributed by atoms with Crippen molar-refractivity contribution in [2.24, 2.45) is 5.73 Å². The van der Waals surface area contributed by atoms with Crippen molar-refractivity contribution in [2.45, 2.75) is 50.3 Å². The molecule has 0 amide bonds. The Kier molecular flexibility index (Phi) is 4.75. The van der Waals surface area contributed by atoms with Gasteiger partial charge in [-0.15, -0.1) is 11.3 Å². The third-order valence-electron chi connectivity index (χ3n) is 3.39. The molecule has 2 heterocycles. The second-order valence-corrected chi connectivity index (χ2v) is 8.66. The minimum atomic E-state index is 0.186. The van der Waals surface area contributed by atoms with E-state index in [-0.39, 0.29) is 6.04 Å². The number of aryl methyl sites for hydroxylation is 1. The van der Waals surface area contributed by atoms with E-state index in [1.807, 2.05) is 11.3 Å². The average molecular weight is 284 g/mol. The molecule has 1 aromatic rings. The zero-order chi connectivity index (χ0) is 13.3. The SMILES string of the molecule is Cc1ccc(C(C(C)N)N2CC(C)SC(C)C2)s1. The molecule has 4 heteroatoms. The Hall–Kier alpha value is -0.0300. The van der Waals surface area contributed by atoms with Gasteiger partial charge in [0.2, 0.25) is 0 Å². The summed E-state index contributed by atoms with van der Waals surface area (Å²) in [6, 6.07) is 5.03. The van der Waals surface area contributed by atoms with Gasteiger partial charge >= 0.3 is 0 Å². The minimum Gasteiger partial charge on any atom is -0.326 e. The molecule has 1 aromatic heterocycles. The molecule has 0 spiro atoms. The average Bonchev–Trinajstić information content (AvgIpc) is 2.62. The van der Waals surface area contributed by atoms with Crippen LogP contribution in [-0.4, -0.2) is 34.5 Å². The first-order chi connectivity index (χ1) is 8.47. The Morgan fingerprint density at radius 2 is 1.89 bits per heavy atom. The van der Waals surface area contributed by atoms with Crippen LogP contribution in [0.2, 0.25) is 0 Å². The summed E-state index contributed by atoms with van der Waals surface area (Å²) in [5, 5.41) is 1.41. The van der Waals surface area contributed by atoms with Crippen LogP contribution in [0.4, 0.5) is 0 Å². The molecule has 4 atom stereocenters. The van der Waals surface area contributed by atoms with Crippen molar-refractivity contribution in [3.8, 4) is 0 Å². The highest BCUT2D eigenvalue weighted by Gasteiger charge is 2.31. The number of thiophene rings is 1. The van der Waals surface area contributed by atoms with E-state index in [9.17, 15) is 0 Å². The number of thioether (sulfide) groups is 1. The molecule has 2 nitrogen and oxygen atoms in total. The third kappa shape index (κ3) is 3.29. The smallest absolute Gasteiger partial charge is 0.0591 e. The summed E-state index contributed by atoms with van der Waals surface area (Å²) in [6.45, 7) is 11.3. The Bertz CT molecular complexity index is 379. The van der Waals surface area contributed by atoms with Gasteiger partial charge in [-0.1, -0.05) is 13.8 Å². The van der Waals surface area contributed by atoms with E-state index >= 15 is 0 Å². The van der Waals surface area contributed by atoms with Crippen molar-refractivity contribution < 1.29 is 0 Å². The van der Waals surface area contributed by atoms with Crippen molar-refractivity contribution in [3.05, 3.63) is 21.9 Å². The summed E-state index contributed by atoms with van der Waals surface area (Å²) >= 11 is 3.99. The Labute approximate surface area is 119 Å². The lowest BCUT2D eigenvalue weighted by molar-refractivity contribution is 0.177. The lowest BCUT2D eigenvalue weighted by Crippen LogP contribution is -2.47. The van der Waals surface area contributed by atoms with E-state index in [1.165, 1.54) is 9.75 Å². The quantitative estimate of drug-likeness (QED) is 0.923. The van der Waals surface area contributed by atoms with Crippen LogP contribution >= 0.6 is 23.1 Å². The first-order valence-corrected chi connectivity index (χ1v) is 8.44. The molecule has 1 fully saturated rings. The van der Waals surface area contributed by atoms with Gasteiger partial charge in [-0.25, -0.2) is 0 Å². The molecule has 4 unspecified atom stereocenters. The summed E-state index contributed by atoms with van der Waals surface area (Å²) < 4.78 is 0. The highest BCUT2D eigenvalue weighted by molar-refractivity contribution is 8.00. The minimum absolute atomic E-state index is 0.186. The monoisotopic (exact) mass is 284 g/mol. The van der Waals surface area contributed by atoms with Gasteiger partial charge in [0.1, 0.15) is 0 Å². The van der Waals surface area contributed by atoms with E-state index in [0.29, 0.717) is 16.5 Å². The standard InChI is InChI=1S/C14H24N2S2/c1-9-5-6-13(18-9)14(12(4)15)16-7-10(2)17-11(3)8-16/h5-6,10-12,14H,7-8,15H2,1-4H3. The number of nitrogens with zero attached hydrogens (tertiary/aromatic N) is 1. The highest BCUT2D eigenvalue weighted by Crippen LogP contribution is 2.35. The molecule has 102 valence electrons. The Morgan fingerprint density at radius 1 is 1.28 bits per heavy atom. The molecule has 18 heavy (non-hydrogen) atoms. The summed E-state index contributed by atoms with van der Waals surface area (Å²) in [7, 11) is 0. The first-order valence-electron chi connectivity index (χ1n) is 6.68. The first kappa shape index (κ1) is 14.4.